The number of Topliss-reactive ketones (excluding diaryl/α,β-unsaturated/α-hetero) is 1. The van der Waals surface area contributed by atoms with E-state index in [0.29, 0.717) is 16.0 Å². The van der Waals surface area contributed by atoms with Gasteiger partial charge in [-0.05, 0) is 38.8 Å². The Balaban J connectivity index is 1.94. The summed E-state index contributed by atoms with van der Waals surface area (Å²) in [5.74, 6) is -1.09. The molecule has 9 heteroatoms. The van der Waals surface area contributed by atoms with Gasteiger partial charge in [-0.2, -0.15) is 4.31 Å². The zero-order chi connectivity index (χ0) is 21.8. The molecular formula is C20H28N2O6S. The lowest BCUT2D eigenvalue weighted by atomic mass is 10.1. The van der Waals surface area contributed by atoms with Gasteiger partial charge in [0.25, 0.3) is 5.91 Å². The van der Waals surface area contributed by atoms with Crippen LogP contribution in [0.25, 0.3) is 0 Å². The first kappa shape index (κ1) is 23.0. The molecule has 1 fully saturated rings. The van der Waals surface area contributed by atoms with E-state index in [9.17, 15) is 22.8 Å². The van der Waals surface area contributed by atoms with Crippen molar-refractivity contribution < 1.29 is 27.5 Å². The molecule has 1 heterocycles. The maximum Gasteiger partial charge on any atom is 0.306 e. The highest BCUT2D eigenvalue weighted by Crippen LogP contribution is 2.26. The summed E-state index contributed by atoms with van der Waals surface area (Å²) in [4.78, 5) is 36.4. The maximum atomic E-state index is 13.1. The fraction of sp³-hybridized carbons (Fsp3) is 0.550. The van der Waals surface area contributed by atoms with Crippen molar-refractivity contribution in [3.63, 3.8) is 0 Å². The monoisotopic (exact) mass is 424 g/mol. The first-order valence-corrected chi connectivity index (χ1v) is 11.0. The van der Waals surface area contributed by atoms with E-state index in [2.05, 4.69) is 0 Å². The number of ketones is 1. The number of benzene rings is 1. The van der Waals surface area contributed by atoms with Crippen molar-refractivity contribution in [1.29, 1.82) is 0 Å². The molecule has 0 saturated carbocycles. The van der Waals surface area contributed by atoms with E-state index >= 15 is 0 Å². The number of amides is 1. The third-order valence-corrected chi connectivity index (χ3v) is 7.04. The normalized spacial score (nSPS) is 15.2. The summed E-state index contributed by atoms with van der Waals surface area (Å²) in [6, 6.07) is 3.69. The van der Waals surface area contributed by atoms with E-state index in [1.54, 1.807) is 13.8 Å². The summed E-state index contributed by atoms with van der Waals surface area (Å²) in [7, 11) is -3.65. The lowest BCUT2D eigenvalue weighted by Gasteiger charge is -2.34. The van der Waals surface area contributed by atoms with Crippen molar-refractivity contribution in [2.24, 2.45) is 0 Å². The molecule has 1 aliphatic rings. The van der Waals surface area contributed by atoms with E-state index in [4.69, 9.17) is 4.74 Å². The number of nitrogens with zero attached hydrogens (tertiary/aromatic N) is 2. The Bertz CT molecular complexity index is 879. The lowest BCUT2D eigenvalue weighted by Crippen LogP contribution is -2.51. The van der Waals surface area contributed by atoms with Crippen LogP contribution in [0.15, 0.2) is 17.0 Å². The minimum absolute atomic E-state index is 0.0517. The quantitative estimate of drug-likeness (QED) is 0.613. The molecule has 0 atom stereocenters. The van der Waals surface area contributed by atoms with Gasteiger partial charge < -0.3 is 14.4 Å². The van der Waals surface area contributed by atoms with E-state index in [-0.39, 0.29) is 50.7 Å². The van der Waals surface area contributed by atoms with Crippen LogP contribution < -0.4 is 0 Å². The highest BCUT2D eigenvalue weighted by Gasteiger charge is 2.32. The molecule has 0 spiro atoms. The molecular weight excluding hydrogens is 396 g/mol. The van der Waals surface area contributed by atoms with Crippen LogP contribution in [0.3, 0.4) is 0 Å². The molecule has 1 saturated heterocycles. The number of esters is 1. The van der Waals surface area contributed by atoms with Crippen molar-refractivity contribution in [2.45, 2.75) is 45.4 Å². The number of carbonyl (C=O) groups is 3. The average Bonchev–Trinajstić information content (AvgIpc) is 2.63. The SMILES string of the molecule is CC(=O)CCC(=O)OCC(=O)N1CCN(S(=O)(=O)c2c(C)cc(C)cc2C)CC1. The van der Waals surface area contributed by atoms with Gasteiger partial charge in [-0.15, -0.1) is 0 Å². The minimum atomic E-state index is -3.65. The van der Waals surface area contributed by atoms with Crippen LogP contribution in [0, 0.1) is 20.8 Å². The molecule has 2 rings (SSSR count). The molecule has 1 aromatic carbocycles. The number of aryl methyl sites for hydroxylation is 3. The van der Waals surface area contributed by atoms with Crippen molar-refractivity contribution >= 4 is 27.7 Å². The van der Waals surface area contributed by atoms with Crippen LogP contribution in [-0.4, -0.2) is 68.1 Å². The summed E-state index contributed by atoms with van der Waals surface area (Å²) in [6.45, 7) is 7.29. The van der Waals surface area contributed by atoms with Crippen LogP contribution in [-0.2, 0) is 29.1 Å². The summed E-state index contributed by atoms with van der Waals surface area (Å²) in [5, 5.41) is 0. The average molecular weight is 425 g/mol. The Morgan fingerprint density at radius 3 is 2.03 bits per heavy atom. The maximum absolute atomic E-state index is 13.1. The summed E-state index contributed by atoms with van der Waals surface area (Å²) >= 11 is 0. The second kappa shape index (κ2) is 9.49. The van der Waals surface area contributed by atoms with Gasteiger partial charge in [0.1, 0.15) is 5.78 Å². The smallest absolute Gasteiger partial charge is 0.306 e. The second-order valence-electron chi connectivity index (χ2n) is 7.38. The first-order valence-electron chi connectivity index (χ1n) is 9.53. The number of sulfonamides is 1. The predicted molar refractivity (Wildman–Crippen MR) is 107 cm³/mol. The molecule has 1 aromatic rings. The number of ether oxygens (including phenoxy) is 1. The van der Waals surface area contributed by atoms with E-state index in [0.717, 1.165) is 5.56 Å². The van der Waals surface area contributed by atoms with Gasteiger partial charge in [-0.1, -0.05) is 17.7 Å². The van der Waals surface area contributed by atoms with E-state index in [1.165, 1.54) is 16.1 Å². The van der Waals surface area contributed by atoms with Gasteiger partial charge >= 0.3 is 5.97 Å². The number of carbonyl (C=O) groups excluding carboxylic acids is 3. The molecule has 0 N–H and O–H groups in total. The highest BCUT2D eigenvalue weighted by molar-refractivity contribution is 7.89. The van der Waals surface area contributed by atoms with Gasteiger partial charge in [0, 0.05) is 32.6 Å². The van der Waals surface area contributed by atoms with Gasteiger partial charge in [0.15, 0.2) is 6.61 Å². The topological polar surface area (TPSA) is 101 Å². The largest absolute Gasteiger partial charge is 0.456 e. The Labute approximate surface area is 171 Å². The Morgan fingerprint density at radius 1 is 0.966 bits per heavy atom. The Morgan fingerprint density at radius 2 is 1.52 bits per heavy atom. The standard InChI is InChI=1S/C20H28N2O6S/c1-14-11-15(2)20(16(3)12-14)29(26,27)22-9-7-21(8-10-22)18(24)13-28-19(25)6-5-17(4)23/h11-12H,5-10,13H2,1-4H3. The van der Waals surface area contributed by atoms with E-state index < -0.39 is 22.6 Å². The number of hydrogen-bond donors (Lipinski definition) is 0. The Hall–Kier alpha value is -2.26. The molecule has 0 aliphatic carbocycles. The fourth-order valence-electron chi connectivity index (χ4n) is 3.46. The molecule has 8 nitrogen and oxygen atoms in total. The molecule has 160 valence electrons. The van der Waals surface area contributed by atoms with Crippen molar-refractivity contribution in [1.82, 2.24) is 9.21 Å². The lowest BCUT2D eigenvalue weighted by molar-refractivity contribution is -0.152. The molecule has 29 heavy (non-hydrogen) atoms. The third-order valence-electron chi connectivity index (χ3n) is 4.83. The first-order chi connectivity index (χ1) is 13.5. The Kier molecular flexibility index (Phi) is 7.54. The molecule has 0 bridgehead atoms. The summed E-state index contributed by atoms with van der Waals surface area (Å²) in [5.41, 5.74) is 2.42. The van der Waals surface area contributed by atoms with Crippen LogP contribution in [0.5, 0.6) is 0 Å². The zero-order valence-electron chi connectivity index (χ0n) is 17.4. The number of hydrogen-bond acceptors (Lipinski definition) is 6. The van der Waals surface area contributed by atoms with Crippen LogP contribution in [0.4, 0.5) is 0 Å². The fourth-order valence-corrected chi connectivity index (χ4v) is 5.30. The predicted octanol–water partition coefficient (Wildman–Crippen LogP) is 1.36. The van der Waals surface area contributed by atoms with E-state index in [1.807, 2.05) is 19.1 Å². The molecule has 0 radical (unpaired) electrons. The van der Waals surface area contributed by atoms with Crippen LogP contribution in [0.2, 0.25) is 0 Å². The highest BCUT2D eigenvalue weighted by atomic mass is 32.2. The van der Waals surface area contributed by atoms with Gasteiger partial charge in [0.05, 0.1) is 11.3 Å². The second-order valence-corrected chi connectivity index (χ2v) is 9.25. The molecule has 0 unspecified atom stereocenters. The summed E-state index contributed by atoms with van der Waals surface area (Å²) < 4.78 is 32.5. The van der Waals surface area contributed by atoms with Gasteiger partial charge in [-0.3, -0.25) is 9.59 Å². The van der Waals surface area contributed by atoms with Crippen LogP contribution in [0.1, 0.15) is 36.5 Å². The van der Waals surface area contributed by atoms with Crippen molar-refractivity contribution in [2.75, 3.05) is 32.8 Å². The van der Waals surface area contributed by atoms with Crippen LogP contribution >= 0.6 is 0 Å². The van der Waals surface area contributed by atoms with Crippen molar-refractivity contribution in [3.8, 4) is 0 Å². The molecule has 0 aromatic heterocycles. The van der Waals surface area contributed by atoms with Gasteiger partial charge in [0.2, 0.25) is 10.0 Å². The molecule has 1 aliphatic heterocycles. The van der Waals surface area contributed by atoms with Crippen molar-refractivity contribution in [3.05, 3.63) is 28.8 Å². The molecule has 1 amide bonds. The summed E-state index contributed by atoms with van der Waals surface area (Å²) in [6.07, 6.45) is 0.0330. The minimum Gasteiger partial charge on any atom is -0.456 e. The number of rotatable bonds is 7. The number of piperazine rings is 1. The third kappa shape index (κ3) is 5.86. The zero-order valence-corrected chi connectivity index (χ0v) is 18.2. The van der Waals surface area contributed by atoms with Gasteiger partial charge in [-0.25, -0.2) is 8.42 Å².